The summed E-state index contributed by atoms with van der Waals surface area (Å²) in [5, 5.41) is 0. The second-order valence-corrected chi connectivity index (χ2v) is 4.69. The van der Waals surface area contributed by atoms with Gasteiger partial charge in [-0.2, -0.15) is 0 Å². The van der Waals surface area contributed by atoms with Crippen molar-refractivity contribution in [3.8, 4) is 11.4 Å². The van der Waals surface area contributed by atoms with Gasteiger partial charge in [0.15, 0.2) is 5.82 Å². The van der Waals surface area contributed by atoms with Gasteiger partial charge < -0.3 is 10.3 Å². The van der Waals surface area contributed by atoms with Gasteiger partial charge in [0.25, 0.3) is 0 Å². The molecule has 1 heterocycles. The molecule has 3 nitrogen and oxygen atoms in total. The molecule has 0 bridgehead atoms. The van der Waals surface area contributed by atoms with E-state index in [4.69, 9.17) is 5.73 Å². The van der Waals surface area contributed by atoms with Gasteiger partial charge in [-0.15, -0.1) is 0 Å². The zero-order valence-electron chi connectivity index (χ0n) is 11.3. The van der Waals surface area contributed by atoms with E-state index in [2.05, 4.69) is 4.98 Å². The number of aryl methyl sites for hydroxylation is 1. The Kier molecular flexibility index (Phi) is 3.24. The van der Waals surface area contributed by atoms with E-state index in [-0.39, 0.29) is 5.82 Å². The first kappa shape index (κ1) is 12.8. The predicted octanol–water partition coefficient (Wildman–Crippen LogP) is 3.32. The maximum Gasteiger partial charge on any atom is 0.151 e. The monoisotopic (exact) mass is 269 g/mol. The van der Waals surface area contributed by atoms with Gasteiger partial charge in [0.2, 0.25) is 0 Å². The Hall–Kier alpha value is -2.20. The molecule has 3 aromatic rings. The molecule has 0 saturated carbocycles. The summed E-state index contributed by atoms with van der Waals surface area (Å²) in [4.78, 5) is 4.48. The van der Waals surface area contributed by atoms with Gasteiger partial charge in [-0.1, -0.05) is 24.3 Å². The van der Waals surface area contributed by atoms with Crippen molar-refractivity contribution in [3.05, 3.63) is 53.8 Å². The number of aromatic nitrogens is 2. The van der Waals surface area contributed by atoms with Crippen molar-refractivity contribution >= 4 is 11.0 Å². The smallest absolute Gasteiger partial charge is 0.151 e. The van der Waals surface area contributed by atoms with Crippen molar-refractivity contribution in [1.29, 1.82) is 0 Å². The van der Waals surface area contributed by atoms with Gasteiger partial charge in [0.05, 0.1) is 5.52 Å². The molecule has 0 aliphatic rings. The van der Waals surface area contributed by atoms with Crippen LogP contribution in [0.1, 0.15) is 12.5 Å². The highest BCUT2D eigenvalue weighted by atomic mass is 19.1. The fourth-order valence-electron chi connectivity index (χ4n) is 2.49. The first-order chi connectivity index (χ1) is 9.74. The van der Waals surface area contributed by atoms with E-state index in [1.54, 1.807) is 6.07 Å². The van der Waals surface area contributed by atoms with Crippen LogP contribution in [-0.4, -0.2) is 9.55 Å². The second kappa shape index (κ2) is 5.06. The molecule has 3 rings (SSSR count). The minimum atomic E-state index is -0.286. The molecule has 0 radical (unpaired) electrons. The van der Waals surface area contributed by atoms with E-state index in [0.29, 0.717) is 12.1 Å². The third-order valence-electron chi connectivity index (χ3n) is 3.47. The average molecular weight is 269 g/mol. The van der Waals surface area contributed by atoms with E-state index >= 15 is 0 Å². The van der Waals surface area contributed by atoms with Gasteiger partial charge in [0.1, 0.15) is 11.3 Å². The molecular weight excluding hydrogens is 253 g/mol. The van der Waals surface area contributed by atoms with Crippen LogP contribution in [0.25, 0.3) is 22.4 Å². The number of benzene rings is 2. The Labute approximate surface area is 116 Å². The van der Waals surface area contributed by atoms with Crippen molar-refractivity contribution in [2.75, 3.05) is 0 Å². The van der Waals surface area contributed by atoms with Crippen molar-refractivity contribution < 1.29 is 4.39 Å². The molecule has 0 unspecified atom stereocenters. The molecule has 102 valence electrons. The van der Waals surface area contributed by atoms with Crippen LogP contribution in [0.2, 0.25) is 0 Å². The van der Waals surface area contributed by atoms with Crippen LogP contribution in [-0.2, 0) is 13.1 Å². The summed E-state index contributed by atoms with van der Waals surface area (Å²) in [6.45, 7) is 3.25. The van der Waals surface area contributed by atoms with Crippen LogP contribution in [0.15, 0.2) is 42.5 Å². The molecule has 0 atom stereocenters. The fourth-order valence-corrected chi connectivity index (χ4v) is 2.49. The molecular formula is C16H16FN3. The zero-order valence-corrected chi connectivity index (χ0v) is 11.3. The topological polar surface area (TPSA) is 43.8 Å². The molecule has 0 amide bonds. The molecule has 0 aliphatic carbocycles. The molecule has 2 N–H and O–H groups in total. The third kappa shape index (κ3) is 1.98. The quantitative estimate of drug-likeness (QED) is 0.792. The fraction of sp³-hybridized carbons (Fsp3) is 0.188. The number of hydrogen-bond donors (Lipinski definition) is 1. The van der Waals surface area contributed by atoms with Crippen LogP contribution >= 0.6 is 0 Å². The standard InChI is InChI=1S/C16H16FN3/c1-2-20-14-8-4-7-13(17)15(14)19-16(20)12-6-3-5-11(9-12)10-18/h3-9H,2,10,18H2,1H3. The minimum absolute atomic E-state index is 0.286. The van der Waals surface area contributed by atoms with Gasteiger partial charge >= 0.3 is 0 Å². The highest BCUT2D eigenvalue weighted by molar-refractivity contribution is 5.81. The maximum absolute atomic E-state index is 13.9. The number of para-hydroxylation sites is 1. The molecule has 2 aromatic carbocycles. The van der Waals surface area contributed by atoms with Crippen LogP contribution in [0.3, 0.4) is 0 Å². The average Bonchev–Trinajstić information content (AvgIpc) is 2.87. The number of hydrogen-bond acceptors (Lipinski definition) is 2. The molecule has 0 fully saturated rings. The summed E-state index contributed by atoms with van der Waals surface area (Å²) >= 11 is 0. The molecule has 0 spiro atoms. The lowest BCUT2D eigenvalue weighted by Crippen LogP contribution is -1.99. The number of nitrogens with two attached hydrogens (primary N) is 1. The Balaban J connectivity index is 2.27. The lowest BCUT2D eigenvalue weighted by atomic mass is 10.1. The largest absolute Gasteiger partial charge is 0.326 e. The number of nitrogens with zero attached hydrogens (tertiary/aromatic N) is 2. The van der Waals surface area contributed by atoms with E-state index in [0.717, 1.165) is 29.0 Å². The maximum atomic E-state index is 13.9. The Bertz CT molecular complexity index is 762. The highest BCUT2D eigenvalue weighted by Gasteiger charge is 2.14. The van der Waals surface area contributed by atoms with Crippen molar-refractivity contribution in [1.82, 2.24) is 9.55 Å². The number of imidazole rings is 1. The first-order valence-electron chi connectivity index (χ1n) is 6.68. The third-order valence-corrected chi connectivity index (χ3v) is 3.47. The molecule has 0 aliphatic heterocycles. The summed E-state index contributed by atoms with van der Waals surface area (Å²) in [7, 11) is 0. The summed E-state index contributed by atoms with van der Waals surface area (Å²) in [6.07, 6.45) is 0. The number of halogens is 1. The number of fused-ring (bicyclic) bond motifs is 1. The number of rotatable bonds is 3. The lowest BCUT2D eigenvalue weighted by Gasteiger charge is -2.07. The van der Waals surface area contributed by atoms with E-state index in [9.17, 15) is 4.39 Å². The first-order valence-corrected chi connectivity index (χ1v) is 6.68. The van der Waals surface area contributed by atoms with Crippen LogP contribution < -0.4 is 5.73 Å². The highest BCUT2D eigenvalue weighted by Crippen LogP contribution is 2.26. The van der Waals surface area contributed by atoms with Gasteiger partial charge in [-0.25, -0.2) is 9.37 Å². The Morgan fingerprint density at radius 1 is 1.20 bits per heavy atom. The molecule has 1 aromatic heterocycles. The minimum Gasteiger partial charge on any atom is -0.326 e. The van der Waals surface area contributed by atoms with Crippen molar-refractivity contribution in [2.24, 2.45) is 5.73 Å². The summed E-state index contributed by atoms with van der Waals surface area (Å²) in [6, 6.07) is 13.0. The van der Waals surface area contributed by atoms with Crippen molar-refractivity contribution in [3.63, 3.8) is 0 Å². The lowest BCUT2D eigenvalue weighted by molar-refractivity contribution is 0.637. The molecule has 4 heteroatoms. The Morgan fingerprint density at radius 3 is 2.75 bits per heavy atom. The van der Waals surface area contributed by atoms with Crippen LogP contribution in [0.5, 0.6) is 0 Å². The van der Waals surface area contributed by atoms with E-state index in [1.165, 1.54) is 6.07 Å². The summed E-state index contributed by atoms with van der Waals surface area (Å²) in [5.74, 6) is 0.494. The van der Waals surface area contributed by atoms with Gasteiger partial charge in [-0.3, -0.25) is 0 Å². The summed E-state index contributed by atoms with van der Waals surface area (Å²) in [5.41, 5.74) is 8.92. The molecule has 0 saturated heterocycles. The van der Waals surface area contributed by atoms with Gasteiger partial charge in [-0.05, 0) is 30.7 Å². The molecule has 20 heavy (non-hydrogen) atoms. The van der Waals surface area contributed by atoms with Crippen LogP contribution in [0.4, 0.5) is 4.39 Å². The summed E-state index contributed by atoms with van der Waals surface area (Å²) < 4.78 is 15.9. The second-order valence-electron chi connectivity index (χ2n) is 4.69. The normalized spacial score (nSPS) is 11.2. The van der Waals surface area contributed by atoms with Crippen LogP contribution in [0, 0.1) is 5.82 Å². The SMILES string of the molecule is CCn1c(-c2cccc(CN)c2)nc2c(F)cccc21. The Morgan fingerprint density at radius 2 is 2.00 bits per heavy atom. The van der Waals surface area contributed by atoms with Crippen molar-refractivity contribution in [2.45, 2.75) is 20.0 Å². The zero-order chi connectivity index (χ0) is 14.1. The van der Waals surface area contributed by atoms with E-state index in [1.807, 2.05) is 41.8 Å². The van der Waals surface area contributed by atoms with Gasteiger partial charge in [0, 0.05) is 18.7 Å². The predicted molar refractivity (Wildman–Crippen MR) is 78.7 cm³/mol. The van der Waals surface area contributed by atoms with E-state index < -0.39 is 0 Å².